The summed E-state index contributed by atoms with van der Waals surface area (Å²) in [4.78, 5) is 0. The lowest BCUT2D eigenvalue weighted by Gasteiger charge is -2.41. The summed E-state index contributed by atoms with van der Waals surface area (Å²) in [6.45, 7) is 1.58. The third kappa shape index (κ3) is 1.19. The van der Waals surface area contributed by atoms with Gasteiger partial charge in [0.25, 0.3) is 0 Å². The van der Waals surface area contributed by atoms with Crippen molar-refractivity contribution in [3.63, 3.8) is 0 Å². The van der Waals surface area contributed by atoms with Crippen molar-refractivity contribution in [3.8, 4) is 0 Å². The first kappa shape index (κ1) is 7.64. The number of halogens is 1. The summed E-state index contributed by atoms with van der Waals surface area (Å²) in [6.07, 6.45) is 2.17. The van der Waals surface area contributed by atoms with E-state index in [1.807, 2.05) is 8.93 Å². The van der Waals surface area contributed by atoms with E-state index in [9.17, 15) is 0 Å². The normalized spacial score (nSPS) is 30.9. The average Bonchev–Trinajstić information content (AvgIpc) is 2.30. The predicted molar refractivity (Wildman–Crippen MR) is 49.3 cm³/mol. The molecule has 2 aliphatic rings. The molecule has 2 fully saturated rings. The highest BCUT2D eigenvalue weighted by molar-refractivity contribution is 14.2. The van der Waals surface area contributed by atoms with Gasteiger partial charge in [-0.2, -0.15) is 0 Å². The van der Waals surface area contributed by atoms with E-state index in [1.54, 1.807) is 0 Å². The zero-order chi connectivity index (χ0) is 7.03. The van der Waals surface area contributed by atoms with Gasteiger partial charge >= 0.3 is 0 Å². The summed E-state index contributed by atoms with van der Waals surface area (Å²) in [5, 5.41) is 0.763. The van der Waals surface area contributed by atoms with Gasteiger partial charge in [0, 0.05) is 18.1 Å². The van der Waals surface area contributed by atoms with Crippen LogP contribution in [0.25, 0.3) is 0 Å². The third-order valence-electron chi connectivity index (χ3n) is 2.02. The van der Waals surface area contributed by atoms with Crippen LogP contribution in [0.3, 0.4) is 0 Å². The molecule has 4 heteroatoms. The molecule has 1 aliphatic heterocycles. The molecular formula is C6H9IO2S. The van der Waals surface area contributed by atoms with Crippen LogP contribution in [0, 0.1) is 0 Å². The molecule has 10 heavy (non-hydrogen) atoms. The SMILES string of the molecule is ISC1CC2(C1)OCCO2. The maximum atomic E-state index is 5.47. The summed E-state index contributed by atoms with van der Waals surface area (Å²) < 4.78 is 10.9. The molecule has 0 radical (unpaired) electrons. The molecule has 0 amide bonds. The van der Waals surface area contributed by atoms with E-state index in [0.717, 1.165) is 31.3 Å². The van der Waals surface area contributed by atoms with Crippen LogP contribution >= 0.6 is 30.1 Å². The van der Waals surface area contributed by atoms with E-state index in [2.05, 4.69) is 21.2 Å². The minimum atomic E-state index is -0.136. The van der Waals surface area contributed by atoms with Crippen LogP contribution in [0.5, 0.6) is 0 Å². The zero-order valence-electron chi connectivity index (χ0n) is 5.51. The second kappa shape index (κ2) is 2.80. The molecule has 2 rings (SSSR count). The van der Waals surface area contributed by atoms with E-state index in [4.69, 9.17) is 9.47 Å². The highest BCUT2D eigenvalue weighted by atomic mass is 127. The van der Waals surface area contributed by atoms with E-state index >= 15 is 0 Å². The first-order chi connectivity index (χ1) is 4.85. The van der Waals surface area contributed by atoms with Gasteiger partial charge in [0.1, 0.15) is 0 Å². The summed E-state index contributed by atoms with van der Waals surface area (Å²) in [5.74, 6) is -0.136. The van der Waals surface area contributed by atoms with E-state index < -0.39 is 0 Å². The maximum Gasteiger partial charge on any atom is 0.170 e. The largest absolute Gasteiger partial charge is 0.347 e. The number of hydrogen-bond acceptors (Lipinski definition) is 3. The first-order valence-electron chi connectivity index (χ1n) is 3.40. The molecule has 0 aromatic heterocycles. The Morgan fingerprint density at radius 3 is 2.40 bits per heavy atom. The quantitative estimate of drug-likeness (QED) is 0.680. The average molecular weight is 272 g/mol. The molecule has 1 saturated heterocycles. The van der Waals surface area contributed by atoms with Gasteiger partial charge in [0.05, 0.1) is 13.2 Å². The van der Waals surface area contributed by atoms with Crippen molar-refractivity contribution < 1.29 is 9.47 Å². The molecule has 1 aliphatic carbocycles. The molecular weight excluding hydrogens is 263 g/mol. The lowest BCUT2D eigenvalue weighted by molar-refractivity contribution is -0.202. The van der Waals surface area contributed by atoms with Gasteiger partial charge in [0.15, 0.2) is 5.79 Å². The van der Waals surface area contributed by atoms with Gasteiger partial charge in [-0.3, -0.25) is 0 Å². The van der Waals surface area contributed by atoms with Crippen molar-refractivity contribution in [1.82, 2.24) is 0 Å². The van der Waals surface area contributed by atoms with Crippen LogP contribution in [0.1, 0.15) is 12.8 Å². The summed E-state index contributed by atoms with van der Waals surface area (Å²) in [5.41, 5.74) is 0. The second-order valence-electron chi connectivity index (χ2n) is 2.73. The maximum absolute atomic E-state index is 5.47. The van der Waals surface area contributed by atoms with Crippen LogP contribution in [0.15, 0.2) is 0 Å². The van der Waals surface area contributed by atoms with Crippen molar-refractivity contribution >= 4 is 30.1 Å². The summed E-state index contributed by atoms with van der Waals surface area (Å²) in [6, 6.07) is 0. The van der Waals surface area contributed by atoms with Crippen molar-refractivity contribution in [1.29, 1.82) is 0 Å². The molecule has 1 heterocycles. The molecule has 0 N–H and O–H groups in total. The third-order valence-corrected chi connectivity index (χ3v) is 4.76. The van der Waals surface area contributed by atoms with Gasteiger partial charge in [-0.05, 0) is 21.2 Å². The molecule has 1 spiro atoms. The van der Waals surface area contributed by atoms with Crippen molar-refractivity contribution in [3.05, 3.63) is 0 Å². The second-order valence-corrected chi connectivity index (χ2v) is 5.10. The Kier molecular flexibility index (Phi) is 2.14. The highest BCUT2D eigenvalue weighted by Crippen LogP contribution is 2.47. The Balaban J connectivity index is 1.86. The van der Waals surface area contributed by atoms with Crippen LogP contribution < -0.4 is 0 Å². The standard InChI is InChI=1S/C6H9IO2S/c7-10-5-3-6(4-5)8-1-2-9-6/h5H,1-4H2. The van der Waals surface area contributed by atoms with Gasteiger partial charge in [-0.25, -0.2) is 0 Å². The zero-order valence-corrected chi connectivity index (χ0v) is 8.48. The Bertz CT molecular complexity index is 128. The molecule has 0 bridgehead atoms. The van der Waals surface area contributed by atoms with E-state index in [-0.39, 0.29) is 5.79 Å². The smallest absolute Gasteiger partial charge is 0.170 e. The fourth-order valence-electron chi connectivity index (χ4n) is 1.43. The molecule has 1 saturated carbocycles. The molecule has 0 unspecified atom stereocenters. The van der Waals surface area contributed by atoms with Gasteiger partial charge in [-0.15, -0.1) is 0 Å². The first-order valence-corrected chi connectivity index (χ1v) is 6.82. The summed E-state index contributed by atoms with van der Waals surface area (Å²) in [7, 11) is 1.88. The van der Waals surface area contributed by atoms with Crippen LogP contribution in [0.2, 0.25) is 0 Å². The summed E-state index contributed by atoms with van der Waals surface area (Å²) >= 11 is 2.34. The molecule has 0 aromatic carbocycles. The number of ether oxygens (including phenoxy) is 2. The number of rotatable bonds is 1. The highest BCUT2D eigenvalue weighted by Gasteiger charge is 2.49. The predicted octanol–water partition coefficient (Wildman–Crippen LogP) is 1.98. The Labute approximate surface area is 76.6 Å². The van der Waals surface area contributed by atoms with Gasteiger partial charge < -0.3 is 9.47 Å². The Morgan fingerprint density at radius 1 is 1.30 bits per heavy atom. The topological polar surface area (TPSA) is 18.5 Å². The van der Waals surface area contributed by atoms with Crippen LogP contribution in [-0.2, 0) is 9.47 Å². The fraction of sp³-hybridized carbons (Fsp3) is 1.00. The minimum absolute atomic E-state index is 0.136. The Hall–Kier alpha value is 1.00. The van der Waals surface area contributed by atoms with E-state index in [1.165, 1.54) is 0 Å². The molecule has 0 aromatic rings. The van der Waals surface area contributed by atoms with E-state index in [0.29, 0.717) is 0 Å². The minimum Gasteiger partial charge on any atom is -0.347 e. The van der Waals surface area contributed by atoms with Crippen molar-refractivity contribution in [2.24, 2.45) is 0 Å². The van der Waals surface area contributed by atoms with Crippen LogP contribution in [0.4, 0.5) is 0 Å². The van der Waals surface area contributed by atoms with Crippen molar-refractivity contribution in [2.45, 2.75) is 23.9 Å². The van der Waals surface area contributed by atoms with Gasteiger partial charge in [-0.1, -0.05) is 8.93 Å². The van der Waals surface area contributed by atoms with Crippen molar-refractivity contribution in [2.75, 3.05) is 13.2 Å². The molecule has 0 atom stereocenters. The van der Waals surface area contributed by atoms with Crippen LogP contribution in [-0.4, -0.2) is 24.3 Å². The lowest BCUT2D eigenvalue weighted by Crippen LogP contribution is -2.46. The molecule has 58 valence electrons. The number of hydrogen-bond donors (Lipinski definition) is 0. The Morgan fingerprint density at radius 2 is 1.90 bits per heavy atom. The lowest BCUT2D eigenvalue weighted by atomic mass is 9.91. The fourth-order valence-corrected chi connectivity index (χ4v) is 3.14. The monoisotopic (exact) mass is 272 g/mol. The molecule has 2 nitrogen and oxygen atoms in total. The van der Waals surface area contributed by atoms with Gasteiger partial charge in [0.2, 0.25) is 0 Å².